The van der Waals surface area contributed by atoms with E-state index in [4.69, 9.17) is 4.74 Å². The summed E-state index contributed by atoms with van der Waals surface area (Å²) in [6.45, 7) is 6.86. The Kier molecular flexibility index (Phi) is 10.1. The smallest absolute Gasteiger partial charge is 0.256 e. The Labute approximate surface area is 480 Å². The van der Waals surface area contributed by atoms with Crippen LogP contribution in [0.4, 0.5) is 17.1 Å². The van der Waals surface area contributed by atoms with Crippen LogP contribution >= 0.6 is 0 Å². The van der Waals surface area contributed by atoms with Crippen molar-refractivity contribution in [1.82, 2.24) is 18.3 Å². The molecule has 0 amide bonds. The Hall–Kier alpha value is -8.42. The molecular weight excluding hydrogens is 998 g/mol. The summed E-state index contributed by atoms with van der Waals surface area (Å²) < 4.78 is 18.4. The van der Waals surface area contributed by atoms with Crippen LogP contribution in [0.25, 0.3) is 66.4 Å². The average molecular weight is 1060 g/mol. The molecule has 0 bridgehead atoms. The second kappa shape index (κ2) is 17.5. The molecule has 0 fully saturated rings. The largest absolute Gasteiger partial charge is 0.458 e. The SMILES string of the molecule is CC(C)(C)c1ccc(N2c3cc(-n4c5c(c6ccccc64)CCCCC5)cc4c3B(c3ccc(-n5c6c(c7ccccc75)CCCC6)cc3O4)c3cc(-n4c5c(c6ccccc64)CCC5)cc(-n4c5c(c6ccccc64)CCC5)c32)cc1. The maximum atomic E-state index is 7.78. The van der Waals surface area contributed by atoms with E-state index in [1.165, 1.54) is 178 Å². The van der Waals surface area contributed by atoms with Gasteiger partial charge in [0, 0.05) is 79.2 Å². The van der Waals surface area contributed by atoms with E-state index < -0.39 is 0 Å². The van der Waals surface area contributed by atoms with Crippen molar-refractivity contribution in [3.63, 3.8) is 0 Å². The van der Waals surface area contributed by atoms with E-state index in [1.54, 1.807) is 0 Å². The van der Waals surface area contributed by atoms with Crippen molar-refractivity contribution in [2.45, 2.75) is 122 Å². The van der Waals surface area contributed by atoms with Crippen molar-refractivity contribution in [2.24, 2.45) is 0 Å². The Bertz CT molecular complexity index is 4700. The molecule has 0 radical (unpaired) electrons. The Morgan fingerprint density at radius 1 is 0.366 bits per heavy atom. The highest BCUT2D eigenvalue weighted by Gasteiger charge is 2.45. The first-order valence-corrected chi connectivity index (χ1v) is 30.9. The fourth-order valence-electron chi connectivity index (χ4n) is 16.8. The predicted octanol–water partition coefficient (Wildman–Crippen LogP) is 16.3. The van der Waals surface area contributed by atoms with E-state index in [-0.39, 0.29) is 12.1 Å². The third kappa shape index (κ3) is 6.65. The van der Waals surface area contributed by atoms with Crippen LogP contribution in [0.1, 0.15) is 116 Å². The van der Waals surface area contributed by atoms with Gasteiger partial charge in [-0.1, -0.05) is 118 Å². The van der Waals surface area contributed by atoms with Gasteiger partial charge in [-0.15, -0.1) is 0 Å². The van der Waals surface area contributed by atoms with Gasteiger partial charge in [0.25, 0.3) is 6.71 Å². The monoisotopic (exact) mass is 1060 g/mol. The molecule has 0 saturated heterocycles. The zero-order valence-corrected chi connectivity index (χ0v) is 47.4. The fraction of sp³-hybridized carbons (Fsp3) is 0.253. The molecule has 82 heavy (non-hydrogen) atoms. The van der Waals surface area contributed by atoms with Crippen molar-refractivity contribution in [3.8, 4) is 34.2 Å². The lowest BCUT2D eigenvalue weighted by Gasteiger charge is -2.42. The summed E-state index contributed by atoms with van der Waals surface area (Å²) in [4.78, 5) is 2.68. The maximum Gasteiger partial charge on any atom is 0.256 e. The zero-order chi connectivity index (χ0) is 54.1. The average Bonchev–Trinajstić information content (AvgIpc) is 3.03. The standard InChI is InChI=1S/C75H66BN5O/c1-75(2,3)46-35-37-47(38-36-46)80-69-42-50(79-63-27-6-4-5-19-51(63)54-22-9-15-31-65(54)79)45-72-73(69)76(59-40-39-48(44-71(59)82-72)77-61-28-12-7-20-52(61)53-21-8-13-29-62(53)77)60-41-49(78-64-30-14-10-23-55(64)57-25-17-33-66(57)78)43-70(74(60)80)81-67-32-16-11-24-56(67)58-26-18-34-68(58)81/h7,9-12,14-16,20,22-24,28,30-32,35-45H,4-6,8,13,17-19,21,25-27,29,33-34H2,1-3H3. The van der Waals surface area contributed by atoms with Crippen LogP contribution in [0, 0.1) is 0 Å². The molecule has 0 atom stereocenters. The molecule has 0 N–H and O–H groups in total. The predicted molar refractivity (Wildman–Crippen MR) is 340 cm³/mol. The number of fused-ring (bicyclic) bond motifs is 16. The van der Waals surface area contributed by atoms with Gasteiger partial charge < -0.3 is 27.9 Å². The Balaban J connectivity index is 0.985. The first kappa shape index (κ1) is 47.2. The number of anilines is 3. The second-order valence-electron chi connectivity index (χ2n) is 25.8. The number of hydrogen-bond donors (Lipinski definition) is 0. The normalized spacial score (nSPS) is 16.0. The number of nitrogens with zero attached hydrogens (tertiary/aromatic N) is 5. The molecule has 4 aliphatic carbocycles. The van der Waals surface area contributed by atoms with Gasteiger partial charge in [0.15, 0.2) is 0 Å². The van der Waals surface area contributed by atoms with Gasteiger partial charge in [-0.2, -0.15) is 0 Å². The van der Waals surface area contributed by atoms with Crippen LogP contribution in [-0.4, -0.2) is 25.0 Å². The molecule has 0 spiro atoms. The van der Waals surface area contributed by atoms with Gasteiger partial charge in [-0.05, 0) is 200 Å². The lowest BCUT2D eigenvalue weighted by molar-refractivity contribution is 0.487. The summed E-state index contributed by atoms with van der Waals surface area (Å²) >= 11 is 0. The number of aryl methyl sites for hydroxylation is 4. The maximum absolute atomic E-state index is 7.78. The number of hydrogen-bond acceptors (Lipinski definition) is 2. The molecule has 8 aromatic carbocycles. The summed E-state index contributed by atoms with van der Waals surface area (Å²) in [5.74, 6) is 1.88. The van der Waals surface area contributed by atoms with E-state index in [9.17, 15) is 0 Å². The highest BCUT2D eigenvalue weighted by molar-refractivity contribution is 6.99. The first-order chi connectivity index (χ1) is 40.3. The van der Waals surface area contributed by atoms with E-state index >= 15 is 0 Å². The van der Waals surface area contributed by atoms with Gasteiger partial charge in [0.2, 0.25) is 0 Å². The number of benzene rings is 8. The molecule has 4 aromatic heterocycles. The highest BCUT2D eigenvalue weighted by Crippen LogP contribution is 2.50. The van der Waals surface area contributed by atoms with Crippen molar-refractivity contribution in [3.05, 3.63) is 214 Å². The van der Waals surface area contributed by atoms with Crippen molar-refractivity contribution < 1.29 is 4.74 Å². The van der Waals surface area contributed by atoms with Crippen LogP contribution in [0.3, 0.4) is 0 Å². The molecule has 6 aliphatic rings. The van der Waals surface area contributed by atoms with Crippen LogP contribution in [0.2, 0.25) is 0 Å². The van der Waals surface area contributed by atoms with Crippen molar-refractivity contribution in [1.29, 1.82) is 0 Å². The Morgan fingerprint density at radius 3 is 1.39 bits per heavy atom. The number of aromatic nitrogens is 4. The van der Waals surface area contributed by atoms with E-state index in [0.717, 1.165) is 80.7 Å². The summed E-state index contributed by atoms with van der Waals surface area (Å²) in [7, 11) is 0. The van der Waals surface area contributed by atoms with Crippen LogP contribution in [0.15, 0.2) is 164 Å². The minimum absolute atomic E-state index is 0.0110. The second-order valence-corrected chi connectivity index (χ2v) is 25.8. The number of para-hydroxylation sites is 4. The van der Waals surface area contributed by atoms with Gasteiger partial charge in [-0.3, -0.25) is 0 Å². The third-order valence-corrected chi connectivity index (χ3v) is 20.3. The van der Waals surface area contributed by atoms with Crippen LogP contribution in [-0.2, 0) is 56.8 Å². The number of ether oxygens (including phenoxy) is 1. The molecule has 12 aromatic rings. The fourth-order valence-corrected chi connectivity index (χ4v) is 16.8. The zero-order valence-electron chi connectivity index (χ0n) is 47.4. The van der Waals surface area contributed by atoms with Gasteiger partial charge in [0.05, 0.1) is 39.1 Å². The molecule has 6 nitrogen and oxygen atoms in total. The molecule has 2 aliphatic heterocycles. The minimum atomic E-state index is -0.144. The summed E-state index contributed by atoms with van der Waals surface area (Å²) in [5, 5.41) is 5.54. The molecule has 0 saturated carbocycles. The van der Waals surface area contributed by atoms with E-state index in [1.807, 2.05) is 0 Å². The van der Waals surface area contributed by atoms with Gasteiger partial charge >= 0.3 is 0 Å². The lowest BCUT2D eigenvalue weighted by Crippen LogP contribution is -2.60. The van der Waals surface area contributed by atoms with E-state index in [0.29, 0.717) is 0 Å². The van der Waals surface area contributed by atoms with Crippen LogP contribution in [0.5, 0.6) is 11.5 Å². The molecular formula is C75H66BN5O. The molecule has 400 valence electrons. The van der Waals surface area contributed by atoms with Crippen LogP contribution < -0.4 is 26.0 Å². The van der Waals surface area contributed by atoms with Crippen molar-refractivity contribution >= 4 is 83.8 Å². The third-order valence-electron chi connectivity index (χ3n) is 20.3. The quantitative estimate of drug-likeness (QED) is 0.127. The highest BCUT2D eigenvalue weighted by atomic mass is 16.5. The molecule has 6 heterocycles. The molecule has 7 heteroatoms. The summed E-state index contributed by atoms with van der Waals surface area (Å²) in [5.41, 5.74) is 30.5. The Morgan fingerprint density at radius 2 is 0.805 bits per heavy atom. The lowest BCUT2D eigenvalue weighted by atomic mass is 9.34. The van der Waals surface area contributed by atoms with Crippen molar-refractivity contribution in [2.75, 3.05) is 4.90 Å². The topological polar surface area (TPSA) is 32.2 Å². The van der Waals surface area contributed by atoms with E-state index in [2.05, 4.69) is 208 Å². The minimum Gasteiger partial charge on any atom is -0.458 e. The molecule has 18 rings (SSSR count). The summed E-state index contributed by atoms with van der Waals surface area (Å²) in [6, 6.07) is 63.9. The first-order valence-electron chi connectivity index (χ1n) is 30.9. The number of rotatable bonds is 5. The molecule has 0 unspecified atom stereocenters. The van der Waals surface area contributed by atoms with Gasteiger partial charge in [-0.25, -0.2) is 0 Å². The van der Waals surface area contributed by atoms with Gasteiger partial charge in [0.1, 0.15) is 11.5 Å². The summed E-state index contributed by atoms with van der Waals surface area (Å²) in [6.07, 6.45) is 17.1.